The molecule has 0 fully saturated rings. The molecule has 0 unspecified atom stereocenters. The first-order chi connectivity index (χ1) is 7.81. The highest BCUT2D eigenvalue weighted by Gasteiger charge is 2.04. The summed E-state index contributed by atoms with van der Waals surface area (Å²) in [7, 11) is 0. The van der Waals surface area contributed by atoms with Crippen LogP contribution in [0.1, 0.15) is 11.3 Å². The maximum atomic E-state index is 8.27. The number of nitrogens with zero attached hydrogens (tertiary/aromatic N) is 5. The van der Waals surface area contributed by atoms with Crippen molar-refractivity contribution in [1.29, 1.82) is 0 Å². The number of benzene rings is 1. The first-order valence-corrected chi connectivity index (χ1v) is 4.92. The molecule has 0 saturated heterocycles. The van der Waals surface area contributed by atoms with Gasteiger partial charge < -0.3 is 0 Å². The van der Waals surface area contributed by atoms with Gasteiger partial charge >= 0.3 is 0 Å². The maximum absolute atomic E-state index is 8.27. The van der Waals surface area contributed by atoms with Crippen molar-refractivity contribution in [3.8, 4) is 5.69 Å². The zero-order chi connectivity index (χ0) is 11.4. The van der Waals surface area contributed by atoms with Gasteiger partial charge in [-0.2, -0.15) is 5.10 Å². The van der Waals surface area contributed by atoms with Crippen LogP contribution in [0.5, 0.6) is 0 Å². The maximum Gasteiger partial charge on any atom is 0.0645 e. The number of para-hydroxylation sites is 1. The Labute approximate surface area is 93.0 Å². The second-order valence-corrected chi connectivity index (χ2v) is 3.41. The number of rotatable bonds is 3. The second kappa shape index (κ2) is 4.51. The van der Waals surface area contributed by atoms with Gasteiger partial charge in [-0.05, 0) is 30.2 Å². The van der Waals surface area contributed by atoms with Crippen LogP contribution in [0.25, 0.3) is 16.1 Å². The lowest BCUT2D eigenvalue weighted by atomic mass is 10.3. The fourth-order valence-corrected chi connectivity index (χ4v) is 1.47. The van der Waals surface area contributed by atoms with E-state index < -0.39 is 0 Å². The molecular formula is C11H11N5. The number of hydrogen-bond acceptors (Lipinski definition) is 2. The van der Waals surface area contributed by atoms with E-state index in [0.29, 0.717) is 6.54 Å². The summed E-state index contributed by atoms with van der Waals surface area (Å²) in [5.74, 6) is 0. The number of hydrogen-bond donors (Lipinski definition) is 0. The van der Waals surface area contributed by atoms with Gasteiger partial charge in [-0.1, -0.05) is 23.3 Å². The standard InChI is InChI=1S/C11H11N5/c1-9-10(7-13-15-12)8-16(14-9)11-5-3-2-4-6-11/h2-6,8H,7H2,1H3. The van der Waals surface area contributed by atoms with E-state index in [2.05, 4.69) is 15.1 Å². The Bertz CT molecular complexity index is 523. The molecule has 0 radical (unpaired) electrons. The summed E-state index contributed by atoms with van der Waals surface area (Å²) in [4.78, 5) is 2.74. The molecule has 0 aliphatic rings. The Morgan fingerprint density at radius 3 is 2.81 bits per heavy atom. The van der Waals surface area contributed by atoms with E-state index >= 15 is 0 Å². The van der Waals surface area contributed by atoms with Gasteiger partial charge in [0.2, 0.25) is 0 Å². The predicted molar refractivity (Wildman–Crippen MR) is 61.2 cm³/mol. The van der Waals surface area contributed by atoms with Crippen molar-refractivity contribution in [2.45, 2.75) is 13.5 Å². The molecular weight excluding hydrogens is 202 g/mol. The van der Waals surface area contributed by atoms with E-state index in [0.717, 1.165) is 16.9 Å². The minimum absolute atomic E-state index is 0.342. The molecule has 5 heteroatoms. The van der Waals surface area contributed by atoms with Crippen LogP contribution in [-0.4, -0.2) is 9.78 Å². The first-order valence-electron chi connectivity index (χ1n) is 4.92. The Kier molecular flexibility index (Phi) is 2.89. The van der Waals surface area contributed by atoms with Crippen molar-refractivity contribution >= 4 is 0 Å². The molecule has 0 saturated carbocycles. The lowest BCUT2D eigenvalue weighted by Gasteiger charge is -1.98. The molecule has 2 aromatic rings. The van der Waals surface area contributed by atoms with Crippen molar-refractivity contribution in [1.82, 2.24) is 9.78 Å². The third kappa shape index (κ3) is 2.04. The van der Waals surface area contributed by atoms with Gasteiger partial charge in [-0.3, -0.25) is 0 Å². The summed E-state index contributed by atoms with van der Waals surface area (Å²) in [6.07, 6.45) is 1.89. The highest BCUT2D eigenvalue weighted by molar-refractivity contribution is 5.32. The molecule has 0 atom stereocenters. The van der Waals surface area contributed by atoms with E-state index in [4.69, 9.17) is 5.53 Å². The van der Waals surface area contributed by atoms with Crippen molar-refractivity contribution < 1.29 is 0 Å². The van der Waals surface area contributed by atoms with Gasteiger partial charge in [0.05, 0.1) is 17.9 Å². The summed E-state index contributed by atoms with van der Waals surface area (Å²) >= 11 is 0. The van der Waals surface area contributed by atoms with Crippen LogP contribution in [0, 0.1) is 6.92 Å². The summed E-state index contributed by atoms with van der Waals surface area (Å²) < 4.78 is 1.79. The van der Waals surface area contributed by atoms with Gasteiger partial charge in [0, 0.05) is 11.1 Å². The highest BCUT2D eigenvalue weighted by Crippen LogP contribution is 2.12. The molecule has 0 aliphatic heterocycles. The Morgan fingerprint density at radius 2 is 2.12 bits per heavy atom. The van der Waals surface area contributed by atoms with Gasteiger partial charge in [-0.25, -0.2) is 4.68 Å². The van der Waals surface area contributed by atoms with E-state index in [-0.39, 0.29) is 0 Å². The third-order valence-corrected chi connectivity index (χ3v) is 2.33. The number of aryl methyl sites for hydroxylation is 1. The first kappa shape index (κ1) is 10.3. The minimum atomic E-state index is 0.342. The minimum Gasteiger partial charge on any atom is -0.240 e. The van der Waals surface area contributed by atoms with E-state index in [1.807, 2.05) is 43.5 Å². The largest absolute Gasteiger partial charge is 0.240 e. The van der Waals surface area contributed by atoms with Crippen molar-refractivity contribution in [2.24, 2.45) is 5.11 Å². The summed E-state index contributed by atoms with van der Waals surface area (Å²) in [6.45, 7) is 2.25. The molecule has 0 N–H and O–H groups in total. The zero-order valence-electron chi connectivity index (χ0n) is 8.91. The fraction of sp³-hybridized carbons (Fsp3) is 0.182. The molecule has 80 valence electrons. The zero-order valence-corrected chi connectivity index (χ0v) is 8.91. The molecule has 2 rings (SSSR count). The number of azide groups is 1. The van der Waals surface area contributed by atoms with Gasteiger partial charge in [0.1, 0.15) is 0 Å². The predicted octanol–water partition coefficient (Wildman–Crippen LogP) is 2.99. The highest BCUT2D eigenvalue weighted by atomic mass is 15.3. The Morgan fingerprint density at radius 1 is 1.38 bits per heavy atom. The molecule has 0 spiro atoms. The molecule has 0 bridgehead atoms. The van der Waals surface area contributed by atoms with Crippen LogP contribution in [-0.2, 0) is 6.54 Å². The fourth-order valence-electron chi connectivity index (χ4n) is 1.47. The molecule has 1 aromatic carbocycles. The average Bonchev–Trinajstić information content (AvgIpc) is 2.69. The summed E-state index contributed by atoms with van der Waals surface area (Å²) in [5.41, 5.74) is 11.1. The van der Waals surface area contributed by atoms with Gasteiger partial charge in [0.15, 0.2) is 0 Å². The van der Waals surface area contributed by atoms with Crippen LogP contribution in [0.2, 0.25) is 0 Å². The lowest BCUT2D eigenvalue weighted by molar-refractivity contribution is 0.863. The van der Waals surface area contributed by atoms with Crippen molar-refractivity contribution in [2.75, 3.05) is 0 Å². The van der Waals surface area contributed by atoms with Crippen LogP contribution in [0.3, 0.4) is 0 Å². The molecule has 5 nitrogen and oxygen atoms in total. The van der Waals surface area contributed by atoms with Gasteiger partial charge in [-0.15, -0.1) is 0 Å². The quantitative estimate of drug-likeness (QED) is 0.439. The lowest BCUT2D eigenvalue weighted by Crippen LogP contribution is -1.93. The number of aromatic nitrogens is 2. The van der Waals surface area contributed by atoms with Crippen LogP contribution in [0.15, 0.2) is 41.6 Å². The van der Waals surface area contributed by atoms with Gasteiger partial charge in [0.25, 0.3) is 0 Å². The summed E-state index contributed by atoms with van der Waals surface area (Å²) in [6, 6.07) is 9.83. The van der Waals surface area contributed by atoms with E-state index in [1.165, 1.54) is 0 Å². The monoisotopic (exact) mass is 213 g/mol. The van der Waals surface area contributed by atoms with Crippen molar-refractivity contribution in [3.05, 3.63) is 58.2 Å². The normalized spacial score (nSPS) is 9.81. The van der Waals surface area contributed by atoms with Crippen LogP contribution >= 0.6 is 0 Å². The van der Waals surface area contributed by atoms with Crippen LogP contribution < -0.4 is 0 Å². The molecule has 1 aromatic heterocycles. The Hall–Kier alpha value is -2.26. The topological polar surface area (TPSA) is 66.6 Å². The van der Waals surface area contributed by atoms with Crippen molar-refractivity contribution in [3.63, 3.8) is 0 Å². The molecule has 0 amide bonds. The summed E-state index contributed by atoms with van der Waals surface area (Å²) in [5, 5.41) is 7.90. The van der Waals surface area contributed by atoms with Crippen LogP contribution in [0.4, 0.5) is 0 Å². The molecule has 16 heavy (non-hydrogen) atoms. The SMILES string of the molecule is Cc1nn(-c2ccccc2)cc1CN=[N+]=[N-]. The smallest absolute Gasteiger partial charge is 0.0645 e. The van der Waals surface area contributed by atoms with E-state index in [1.54, 1.807) is 4.68 Å². The molecule has 0 aliphatic carbocycles. The Balaban J connectivity index is 2.34. The third-order valence-electron chi connectivity index (χ3n) is 2.33. The average molecular weight is 213 g/mol. The second-order valence-electron chi connectivity index (χ2n) is 3.41. The molecule has 1 heterocycles. The van der Waals surface area contributed by atoms with E-state index in [9.17, 15) is 0 Å².